The lowest BCUT2D eigenvalue weighted by Gasteiger charge is -2.15. The minimum Gasteiger partial charge on any atom is -0.495 e. The van der Waals surface area contributed by atoms with Crippen molar-refractivity contribution in [3.8, 4) is 5.75 Å². The highest BCUT2D eigenvalue weighted by molar-refractivity contribution is 7.99. The topological polar surface area (TPSA) is 76.5 Å². The third kappa shape index (κ3) is 5.42. The number of carbonyl (C=O) groups is 1. The van der Waals surface area contributed by atoms with Crippen molar-refractivity contribution < 1.29 is 9.53 Å². The van der Waals surface area contributed by atoms with Crippen molar-refractivity contribution in [2.24, 2.45) is 0 Å². The Morgan fingerprint density at radius 3 is 2.85 bits per heavy atom. The van der Waals surface area contributed by atoms with E-state index in [1.54, 1.807) is 35.1 Å². The van der Waals surface area contributed by atoms with Crippen LogP contribution < -0.4 is 15.6 Å². The van der Waals surface area contributed by atoms with Gasteiger partial charge in [-0.2, -0.15) is 0 Å². The molecule has 9 heteroatoms. The van der Waals surface area contributed by atoms with Crippen LogP contribution in [-0.2, 0) is 24.2 Å². The lowest BCUT2D eigenvalue weighted by Crippen LogP contribution is -2.26. The number of anilines is 1. The fraction of sp³-hybridized carbons (Fsp3) is 0.458. The zero-order valence-electron chi connectivity index (χ0n) is 19.3. The third-order valence-corrected chi connectivity index (χ3v) is 7.90. The fourth-order valence-corrected chi connectivity index (χ4v) is 6.26. The lowest BCUT2D eigenvalue weighted by molar-refractivity contribution is -0.113. The SMILES string of the molecule is COc1ccccc1NC(=O)CSc1nc2sc3c(c2c(=O)n1CCCN(C)C)CCCC3. The van der Waals surface area contributed by atoms with Crippen molar-refractivity contribution in [3.63, 3.8) is 0 Å². The largest absolute Gasteiger partial charge is 0.495 e. The normalized spacial score (nSPS) is 13.3. The molecule has 1 N–H and O–H groups in total. The maximum atomic E-state index is 13.6. The Bertz CT molecular complexity index is 1200. The number of methoxy groups -OCH3 is 1. The Morgan fingerprint density at radius 2 is 2.06 bits per heavy atom. The molecule has 2 aromatic heterocycles. The van der Waals surface area contributed by atoms with Crippen molar-refractivity contribution >= 4 is 44.9 Å². The first-order valence-corrected chi connectivity index (χ1v) is 13.0. The van der Waals surface area contributed by atoms with Gasteiger partial charge >= 0.3 is 0 Å². The number of hydrogen-bond donors (Lipinski definition) is 1. The third-order valence-electron chi connectivity index (χ3n) is 5.74. The highest BCUT2D eigenvalue weighted by atomic mass is 32.2. The molecule has 2 heterocycles. The quantitative estimate of drug-likeness (QED) is 0.364. The van der Waals surface area contributed by atoms with E-state index in [9.17, 15) is 9.59 Å². The zero-order chi connectivity index (χ0) is 23.4. The van der Waals surface area contributed by atoms with Gasteiger partial charge in [0.05, 0.1) is 23.9 Å². The number of aromatic nitrogens is 2. The molecule has 0 radical (unpaired) electrons. The van der Waals surface area contributed by atoms with E-state index in [0.717, 1.165) is 42.4 Å². The summed E-state index contributed by atoms with van der Waals surface area (Å²) in [6, 6.07) is 7.31. The van der Waals surface area contributed by atoms with Crippen LogP contribution in [0.25, 0.3) is 10.2 Å². The number of fused-ring (bicyclic) bond motifs is 3. The maximum Gasteiger partial charge on any atom is 0.263 e. The summed E-state index contributed by atoms with van der Waals surface area (Å²) >= 11 is 2.96. The maximum absolute atomic E-state index is 13.6. The monoisotopic (exact) mass is 486 g/mol. The molecule has 4 rings (SSSR count). The number of thiophene rings is 1. The van der Waals surface area contributed by atoms with Crippen molar-refractivity contribution in [1.82, 2.24) is 14.5 Å². The van der Waals surface area contributed by atoms with E-state index in [1.165, 1.54) is 28.6 Å². The summed E-state index contributed by atoms with van der Waals surface area (Å²) in [7, 11) is 5.63. The molecule has 1 aliphatic rings. The van der Waals surface area contributed by atoms with Gasteiger partial charge in [-0.3, -0.25) is 14.2 Å². The van der Waals surface area contributed by atoms with E-state index in [2.05, 4.69) is 10.2 Å². The molecule has 0 fully saturated rings. The predicted molar refractivity (Wildman–Crippen MR) is 136 cm³/mol. The van der Waals surface area contributed by atoms with Crippen LogP contribution in [0, 0.1) is 0 Å². The standard InChI is InChI=1S/C24H30N4O3S2/c1-27(2)13-8-14-28-23(30)21-16-9-4-7-12-19(16)33-22(21)26-24(28)32-15-20(29)25-17-10-5-6-11-18(17)31-3/h5-6,10-11H,4,7-9,12-15H2,1-3H3,(H,25,29). The summed E-state index contributed by atoms with van der Waals surface area (Å²) in [5.74, 6) is 0.610. The zero-order valence-corrected chi connectivity index (χ0v) is 21.0. The molecule has 0 spiro atoms. The van der Waals surface area contributed by atoms with Crippen molar-refractivity contribution in [2.45, 2.75) is 43.8 Å². The second-order valence-corrected chi connectivity index (χ2v) is 10.5. The molecule has 0 saturated carbocycles. The number of amides is 1. The fourth-order valence-electron chi connectivity index (χ4n) is 4.14. The van der Waals surface area contributed by atoms with E-state index in [4.69, 9.17) is 9.72 Å². The van der Waals surface area contributed by atoms with E-state index in [0.29, 0.717) is 23.1 Å². The predicted octanol–water partition coefficient (Wildman–Crippen LogP) is 4.03. The van der Waals surface area contributed by atoms with Crippen molar-refractivity contribution in [1.29, 1.82) is 0 Å². The molecule has 0 atom stereocenters. The first-order valence-electron chi connectivity index (χ1n) is 11.2. The summed E-state index contributed by atoms with van der Waals surface area (Å²) < 4.78 is 7.09. The van der Waals surface area contributed by atoms with E-state index in [-0.39, 0.29) is 17.2 Å². The second-order valence-electron chi connectivity index (χ2n) is 8.44. The molecule has 1 aliphatic carbocycles. The van der Waals surface area contributed by atoms with E-state index >= 15 is 0 Å². The minimum atomic E-state index is -0.163. The van der Waals surface area contributed by atoms with Gasteiger partial charge in [-0.25, -0.2) is 4.98 Å². The lowest BCUT2D eigenvalue weighted by atomic mass is 9.97. The molecule has 33 heavy (non-hydrogen) atoms. The number of aryl methyl sites for hydroxylation is 2. The van der Waals surface area contributed by atoms with Gasteiger partial charge in [-0.1, -0.05) is 23.9 Å². The Morgan fingerprint density at radius 1 is 1.27 bits per heavy atom. The number of nitrogens with zero attached hydrogens (tertiary/aromatic N) is 3. The second kappa shape index (κ2) is 10.7. The number of ether oxygens (including phenoxy) is 1. The van der Waals surface area contributed by atoms with Gasteiger partial charge in [-0.15, -0.1) is 11.3 Å². The molecular weight excluding hydrogens is 456 g/mol. The summed E-state index contributed by atoms with van der Waals surface area (Å²) in [6.07, 6.45) is 5.12. The summed E-state index contributed by atoms with van der Waals surface area (Å²) in [6.45, 7) is 1.46. The average Bonchev–Trinajstić information content (AvgIpc) is 3.18. The van der Waals surface area contributed by atoms with Crippen LogP contribution in [0.4, 0.5) is 5.69 Å². The van der Waals surface area contributed by atoms with Gasteiger partial charge in [0.25, 0.3) is 5.56 Å². The number of benzene rings is 1. The van der Waals surface area contributed by atoms with Crippen LogP contribution in [-0.4, -0.2) is 53.9 Å². The molecule has 0 saturated heterocycles. The number of nitrogens with one attached hydrogen (secondary N) is 1. The van der Waals surface area contributed by atoms with Crippen LogP contribution in [0.15, 0.2) is 34.2 Å². The minimum absolute atomic E-state index is 0.0331. The van der Waals surface area contributed by atoms with Crippen LogP contribution in [0.2, 0.25) is 0 Å². The first-order chi connectivity index (χ1) is 16.0. The van der Waals surface area contributed by atoms with Gasteiger partial charge in [-0.05, 0) is 70.4 Å². The van der Waals surface area contributed by atoms with Crippen LogP contribution in [0.5, 0.6) is 5.75 Å². The molecule has 0 aliphatic heterocycles. The Labute approximate surface area is 202 Å². The smallest absolute Gasteiger partial charge is 0.263 e. The molecule has 7 nitrogen and oxygen atoms in total. The summed E-state index contributed by atoms with van der Waals surface area (Å²) in [4.78, 5) is 35.3. The molecule has 0 bridgehead atoms. The van der Waals surface area contributed by atoms with Crippen molar-refractivity contribution in [2.75, 3.05) is 38.8 Å². The highest BCUT2D eigenvalue weighted by Crippen LogP contribution is 2.34. The van der Waals surface area contributed by atoms with Gasteiger partial charge < -0.3 is 15.0 Å². The van der Waals surface area contributed by atoms with Crippen molar-refractivity contribution in [3.05, 3.63) is 45.1 Å². The number of para-hydroxylation sites is 2. The Kier molecular flexibility index (Phi) is 7.72. The number of hydrogen-bond acceptors (Lipinski definition) is 7. The Hall–Kier alpha value is -2.36. The summed E-state index contributed by atoms with van der Waals surface area (Å²) in [5, 5.41) is 4.30. The van der Waals surface area contributed by atoms with Gasteiger partial charge in [0.15, 0.2) is 5.16 Å². The number of thioether (sulfide) groups is 1. The first kappa shape index (κ1) is 23.8. The van der Waals surface area contributed by atoms with Gasteiger partial charge in [0.1, 0.15) is 10.6 Å². The van der Waals surface area contributed by atoms with Crippen LogP contribution in [0.3, 0.4) is 0 Å². The number of rotatable bonds is 9. The molecule has 1 amide bonds. The van der Waals surface area contributed by atoms with Gasteiger partial charge in [0, 0.05) is 11.4 Å². The number of carbonyl (C=O) groups excluding carboxylic acids is 1. The molecule has 3 aromatic rings. The molecule has 176 valence electrons. The Balaban J connectivity index is 1.59. The summed E-state index contributed by atoms with van der Waals surface area (Å²) in [5.41, 5.74) is 1.86. The van der Waals surface area contributed by atoms with E-state index < -0.39 is 0 Å². The van der Waals surface area contributed by atoms with Gasteiger partial charge in [0.2, 0.25) is 5.91 Å². The van der Waals surface area contributed by atoms with E-state index in [1.807, 2.05) is 26.2 Å². The molecule has 0 unspecified atom stereocenters. The molecular formula is C24H30N4O3S2. The molecule has 1 aromatic carbocycles. The highest BCUT2D eigenvalue weighted by Gasteiger charge is 2.22. The van der Waals surface area contributed by atoms with Crippen LogP contribution >= 0.6 is 23.1 Å². The average molecular weight is 487 g/mol. The van der Waals surface area contributed by atoms with Crippen LogP contribution in [0.1, 0.15) is 29.7 Å².